The first kappa shape index (κ1) is 45.0. The van der Waals surface area contributed by atoms with Gasteiger partial charge in [-0.1, -0.05) is 133 Å². The van der Waals surface area contributed by atoms with Crippen LogP contribution in [0.1, 0.15) is 22.3 Å². The molecule has 10 heteroatoms. The van der Waals surface area contributed by atoms with Gasteiger partial charge in [-0.2, -0.15) is 21.0 Å². The van der Waals surface area contributed by atoms with Crippen LogP contribution in [0.5, 0.6) is 0 Å². The van der Waals surface area contributed by atoms with E-state index >= 15 is 0 Å². The summed E-state index contributed by atoms with van der Waals surface area (Å²) in [6, 6.07) is 79.5. The first-order valence-corrected chi connectivity index (χ1v) is 23.9. The maximum Gasteiger partial charge on any atom is 0.164 e. The minimum Gasteiger partial charge on any atom is -0.309 e. The van der Waals surface area contributed by atoms with Gasteiger partial charge in [-0.25, -0.2) is 24.9 Å². The van der Waals surface area contributed by atoms with E-state index in [1.54, 1.807) is 36.4 Å². The van der Waals surface area contributed by atoms with Crippen LogP contribution in [0.2, 0.25) is 0 Å². The standard InChI is InChI=1S/C65H36N10/c66-37-41-27-42(38-67)30-52(29-41)49-21-24-59-54(33-49)55-34-50(53-31-43(39-68)28-44(32-53)40-69)22-25-60(55)75(59)61-26-23-51(65-73-63(47-17-9-3-10-18-47)72-64(74-65)48-19-11-4-12-20-48)35-56(61)58-36-57(45-13-5-1-6-14-45)70-62(71-58)46-15-7-2-8-16-46/h1-36H. The summed E-state index contributed by atoms with van der Waals surface area (Å²) in [5.41, 5.74) is 13.4. The van der Waals surface area contributed by atoms with Crippen molar-refractivity contribution in [3.63, 3.8) is 0 Å². The third-order valence-electron chi connectivity index (χ3n) is 13.1. The van der Waals surface area contributed by atoms with Crippen molar-refractivity contribution in [1.82, 2.24) is 29.5 Å². The van der Waals surface area contributed by atoms with Gasteiger partial charge in [0.2, 0.25) is 0 Å². The molecular weight excluding hydrogens is 921 g/mol. The molecular formula is C65H36N10. The Morgan fingerprint density at radius 2 is 0.653 bits per heavy atom. The van der Waals surface area contributed by atoms with Gasteiger partial charge in [0.15, 0.2) is 23.3 Å². The van der Waals surface area contributed by atoms with E-state index < -0.39 is 0 Å². The van der Waals surface area contributed by atoms with Gasteiger partial charge in [-0.05, 0) is 107 Å². The number of hydrogen-bond acceptors (Lipinski definition) is 9. The van der Waals surface area contributed by atoms with Crippen molar-refractivity contribution in [1.29, 1.82) is 21.0 Å². The number of hydrogen-bond donors (Lipinski definition) is 0. The van der Waals surface area contributed by atoms with Crippen LogP contribution in [-0.4, -0.2) is 29.5 Å². The van der Waals surface area contributed by atoms with Gasteiger partial charge in [0.25, 0.3) is 0 Å². The van der Waals surface area contributed by atoms with Crippen LogP contribution >= 0.6 is 0 Å². The van der Waals surface area contributed by atoms with E-state index in [0.29, 0.717) is 51.2 Å². The number of fused-ring (bicyclic) bond motifs is 3. The van der Waals surface area contributed by atoms with Crippen molar-refractivity contribution in [3.05, 3.63) is 241 Å². The summed E-state index contributed by atoms with van der Waals surface area (Å²) in [6.07, 6.45) is 0. The summed E-state index contributed by atoms with van der Waals surface area (Å²) in [6.45, 7) is 0. The molecule has 0 fully saturated rings. The molecule has 0 amide bonds. The number of nitrogens with zero attached hydrogens (tertiary/aromatic N) is 10. The molecule has 12 aromatic rings. The number of benzene rings is 9. The van der Waals surface area contributed by atoms with Crippen molar-refractivity contribution in [3.8, 4) is 120 Å². The lowest BCUT2D eigenvalue weighted by Gasteiger charge is -2.17. The average Bonchev–Trinajstić information content (AvgIpc) is 3.88. The third kappa shape index (κ3) is 8.66. The fourth-order valence-electron chi connectivity index (χ4n) is 9.56. The molecule has 0 saturated carbocycles. The summed E-state index contributed by atoms with van der Waals surface area (Å²) in [7, 11) is 0. The van der Waals surface area contributed by atoms with Gasteiger partial charge < -0.3 is 4.57 Å². The number of nitriles is 4. The molecule has 0 aliphatic carbocycles. The summed E-state index contributed by atoms with van der Waals surface area (Å²) in [5.74, 6) is 2.08. The highest BCUT2D eigenvalue weighted by Gasteiger charge is 2.22. The van der Waals surface area contributed by atoms with Gasteiger partial charge in [0.1, 0.15) is 0 Å². The van der Waals surface area contributed by atoms with E-state index in [0.717, 1.165) is 88.8 Å². The molecule has 75 heavy (non-hydrogen) atoms. The summed E-state index contributed by atoms with van der Waals surface area (Å²) in [5, 5.41) is 41.6. The van der Waals surface area contributed by atoms with E-state index in [9.17, 15) is 21.0 Å². The predicted molar refractivity (Wildman–Crippen MR) is 292 cm³/mol. The van der Waals surface area contributed by atoms with Crippen molar-refractivity contribution >= 4 is 21.8 Å². The predicted octanol–water partition coefficient (Wildman–Crippen LogP) is 14.6. The Morgan fingerprint density at radius 1 is 0.280 bits per heavy atom. The highest BCUT2D eigenvalue weighted by molar-refractivity contribution is 6.12. The van der Waals surface area contributed by atoms with Crippen LogP contribution < -0.4 is 0 Å². The van der Waals surface area contributed by atoms with Crippen LogP contribution in [0.3, 0.4) is 0 Å². The number of aromatic nitrogens is 6. The molecule has 346 valence electrons. The smallest absolute Gasteiger partial charge is 0.164 e. The van der Waals surface area contributed by atoms with Crippen LogP contribution in [-0.2, 0) is 0 Å². The van der Waals surface area contributed by atoms with Crippen molar-refractivity contribution in [2.45, 2.75) is 0 Å². The highest BCUT2D eigenvalue weighted by atomic mass is 15.0. The van der Waals surface area contributed by atoms with Gasteiger partial charge in [-0.15, -0.1) is 0 Å². The number of rotatable bonds is 9. The zero-order chi connectivity index (χ0) is 50.8. The van der Waals surface area contributed by atoms with Gasteiger partial charge >= 0.3 is 0 Å². The van der Waals surface area contributed by atoms with E-state index in [2.05, 4.69) is 65.2 Å². The quantitative estimate of drug-likeness (QED) is 0.137. The molecule has 10 nitrogen and oxygen atoms in total. The van der Waals surface area contributed by atoms with E-state index in [1.165, 1.54) is 0 Å². The molecule has 0 atom stereocenters. The minimum absolute atomic E-state index is 0.379. The second-order valence-electron chi connectivity index (χ2n) is 17.8. The maximum absolute atomic E-state index is 9.97. The largest absolute Gasteiger partial charge is 0.309 e. The average molecular weight is 957 g/mol. The van der Waals surface area contributed by atoms with E-state index in [1.807, 2.05) is 146 Å². The topological polar surface area (TPSA) is 165 Å². The van der Waals surface area contributed by atoms with Crippen molar-refractivity contribution in [2.24, 2.45) is 0 Å². The lowest BCUT2D eigenvalue weighted by molar-refractivity contribution is 1.07. The van der Waals surface area contributed by atoms with Crippen LogP contribution in [0.4, 0.5) is 0 Å². The van der Waals surface area contributed by atoms with Crippen LogP contribution in [0.15, 0.2) is 218 Å². The first-order chi connectivity index (χ1) is 36.9. The highest BCUT2D eigenvalue weighted by Crippen LogP contribution is 2.42. The second kappa shape index (κ2) is 19.2. The lowest BCUT2D eigenvalue weighted by atomic mass is 9.97. The van der Waals surface area contributed by atoms with Gasteiger partial charge in [0, 0.05) is 44.2 Å². The third-order valence-corrected chi connectivity index (χ3v) is 13.1. The monoisotopic (exact) mass is 956 g/mol. The van der Waals surface area contributed by atoms with Crippen LogP contribution in [0.25, 0.3) is 118 Å². The Bertz CT molecular complexity index is 4080. The molecule has 3 aromatic heterocycles. The molecule has 12 rings (SSSR count). The molecule has 0 bridgehead atoms. The Morgan fingerprint density at radius 3 is 1.08 bits per heavy atom. The van der Waals surface area contributed by atoms with E-state index in [-0.39, 0.29) is 0 Å². The van der Waals surface area contributed by atoms with Crippen molar-refractivity contribution < 1.29 is 0 Å². The summed E-state index contributed by atoms with van der Waals surface area (Å²) in [4.78, 5) is 25.8. The fraction of sp³-hybridized carbons (Fsp3) is 0. The summed E-state index contributed by atoms with van der Waals surface area (Å²) < 4.78 is 2.22. The SMILES string of the molecule is N#Cc1cc(C#N)cc(-c2ccc3c(c2)c2cc(-c4cc(C#N)cc(C#N)c4)ccc2n3-c2ccc(-c3nc(-c4ccccc4)nc(-c4ccccc4)n3)cc2-c2cc(-c3ccccc3)nc(-c3ccccc3)n2)c1. The zero-order valence-electron chi connectivity index (χ0n) is 39.8. The normalized spacial score (nSPS) is 10.9. The Labute approximate surface area is 431 Å². The molecule has 0 aliphatic rings. The first-order valence-electron chi connectivity index (χ1n) is 23.9. The Kier molecular flexibility index (Phi) is 11.5. The minimum atomic E-state index is 0.379. The zero-order valence-corrected chi connectivity index (χ0v) is 39.8. The molecule has 0 saturated heterocycles. The summed E-state index contributed by atoms with van der Waals surface area (Å²) >= 11 is 0. The molecule has 0 unspecified atom stereocenters. The molecule has 0 aliphatic heterocycles. The van der Waals surface area contributed by atoms with Crippen molar-refractivity contribution in [2.75, 3.05) is 0 Å². The van der Waals surface area contributed by atoms with Gasteiger partial charge in [-0.3, -0.25) is 0 Å². The molecule has 9 aromatic carbocycles. The lowest BCUT2D eigenvalue weighted by Crippen LogP contribution is -2.03. The molecule has 0 spiro atoms. The fourth-order valence-corrected chi connectivity index (χ4v) is 9.56. The maximum atomic E-state index is 9.97. The second-order valence-corrected chi connectivity index (χ2v) is 17.8. The molecule has 0 radical (unpaired) electrons. The Balaban J connectivity index is 1.16. The molecule has 0 N–H and O–H groups in total. The van der Waals surface area contributed by atoms with E-state index in [4.69, 9.17) is 24.9 Å². The van der Waals surface area contributed by atoms with Gasteiger partial charge in [0.05, 0.1) is 74.6 Å². The molecule has 3 heterocycles. The van der Waals surface area contributed by atoms with Crippen LogP contribution in [0, 0.1) is 45.3 Å². The Hall–Kier alpha value is -11.2.